The molecule has 2 aliphatic rings. The van der Waals surface area contributed by atoms with Crippen LogP contribution < -0.4 is 10.5 Å². The molecule has 0 N–H and O–H groups in total. The van der Waals surface area contributed by atoms with Gasteiger partial charge in [-0.3, -0.25) is 9.36 Å². The van der Waals surface area contributed by atoms with Crippen molar-refractivity contribution in [3.8, 4) is 16.8 Å². The Kier molecular flexibility index (Phi) is 4.51. The number of aromatic nitrogens is 1. The van der Waals surface area contributed by atoms with E-state index in [9.17, 15) is 4.79 Å². The van der Waals surface area contributed by atoms with Crippen LogP contribution in [0.5, 0.6) is 0 Å². The molecule has 0 amide bonds. The van der Waals surface area contributed by atoms with E-state index >= 15 is 0 Å². The van der Waals surface area contributed by atoms with Crippen LogP contribution in [0, 0.1) is 12.8 Å². The summed E-state index contributed by atoms with van der Waals surface area (Å²) < 4.78 is 1.70. The van der Waals surface area contributed by atoms with Gasteiger partial charge in [0.25, 0.3) is 5.56 Å². The normalized spacial score (nSPS) is 21.5. The number of rotatable bonds is 3. The van der Waals surface area contributed by atoms with Crippen LogP contribution in [-0.4, -0.2) is 42.2 Å². The molecule has 1 aromatic heterocycles. The van der Waals surface area contributed by atoms with Crippen LogP contribution in [0.1, 0.15) is 12.0 Å². The van der Waals surface area contributed by atoms with Crippen LogP contribution in [0.2, 0.25) is 0 Å². The molecule has 3 heterocycles. The van der Waals surface area contributed by atoms with E-state index in [1.165, 1.54) is 42.9 Å². The fraction of sp³-hybridized carbons (Fsp3) is 0.320. The third kappa shape index (κ3) is 3.28. The molecule has 2 aromatic carbocycles. The first-order valence-electron chi connectivity index (χ1n) is 10.4. The van der Waals surface area contributed by atoms with Crippen molar-refractivity contribution in [3.05, 3.63) is 82.8 Å². The van der Waals surface area contributed by atoms with E-state index in [0.29, 0.717) is 6.04 Å². The molecule has 0 bridgehead atoms. The number of likely N-dealkylation sites (N-methyl/N-ethyl adjacent to an activating group) is 1. The molecule has 5 rings (SSSR count). The quantitative estimate of drug-likeness (QED) is 0.683. The maximum Gasteiger partial charge on any atom is 0.257 e. The van der Waals surface area contributed by atoms with Crippen LogP contribution in [0.15, 0.2) is 71.7 Å². The lowest BCUT2D eigenvalue weighted by molar-refractivity contribution is 0.386. The number of fused-ring (bicyclic) bond motifs is 1. The van der Waals surface area contributed by atoms with Crippen molar-refractivity contribution in [3.63, 3.8) is 0 Å². The Labute approximate surface area is 172 Å². The summed E-state index contributed by atoms with van der Waals surface area (Å²) in [5.74, 6) is 0.817. The smallest absolute Gasteiger partial charge is 0.257 e. The Bertz CT molecular complexity index is 1070. The first-order valence-corrected chi connectivity index (χ1v) is 10.4. The topological polar surface area (TPSA) is 28.5 Å². The molecule has 2 saturated heterocycles. The number of hydrogen-bond acceptors (Lipinski definition) is 3. The van der Waals surface area contributed by atoms with Gasteiger partial charge in [-0.2, -0.15) is 0 Å². The van der Waals surface area contributed by atoms with Crippen LogP contribution in [0.4, 0.5) is 5.69 Å². The predicted octanol–water partition coefficient (Wildman–Crippen LogP) is 3.95. The van der Waals surface area contributed by atoms with Gasteiger partial charge in [-0.25, -0.2) is 0 Å². The molecule has 2 aliphatic heterocycles. The van der Waals surface area contributed by atoms with Gasteiger partial charge in [0.05, 0.1) is 0 Å². The van der Waals surface area contributed by atoms with Gasteiger partial charge >= 0.3 is 0 Å². The van der Waals surface area contributed by atoms with E-state index < -0.39 is 0 Å². The number of anilines is 1. The highest BCUT2D eigenvalue weighted by molar-refractivity contribution is 5.67. The lowest BCUT2D eigenvalue weighted by Crippen LogP contribution is -2.34. The highest BCUT2D eigenvalue weighted by Gasteiger charge is 2.39. The van der Waals surface area contributed by atoms with Gasteiger partial charge in [0.1, 0.15) is 0 Å². The zero-order valence-electron chi connectivity index (χ0n) is 17.1. The van der Waals surface area contributed by atoms with Crippen molar-refractivity contribution in [2.75, 3.05) is 31.6 Å². The monoisotopic (exact) mass is 385 g/mol. The zero-order valence-corrected chi connectivity index (χ0v) is 17.1. The van der Waals surface area contributed by atoms with Gasteiger partial charge in [0, 0.05) is 48.8 Å². The van der Waals surface area contributed by atoms with Crippen molar-refractivity contribution >= 4 is 5.69 Å². The minimum atomic E-state index is 0.0334. The minimum Gasteiger partial charge on any atom is -0.367 e. The standard InChI is InChI=1S/C25H27N3O/c1-18-4-3-14-28(25(18)29)23-11-7-20(8-12-23)19-5-9-22(10-6-19)27-15-13-21-16-26(2)17-24(21)27/h3-12,14,21,24H,13,15-17H2,1-2H3/t21-,24+/m1/s1. The molecule has 29 heavy (non-hydrogen) atoms. The second-order valence-electron chi connectivity index (χ2n) is 8.49. The summed E-state index contributed by atoms with van der Waals surface area (Å²) in [6.45, 7) is 5.42. The Morgan fingerprint density at radius 3 is 2.21 bits per heavy atom. The molecule has 0 spiro atoms. The summed E-state index contributed by atoms with van der Waals surface area (Å²) in [6, 6.07) is 21.6. The summed E-state index contributed by atoms with van der Waals surface area (Å²) in [4.78, 5) is 17.4. The molecular weight excluding hydrogens is 358 g/mol. The second kappa shape index (κ2) is 7.20. The first kappa shape index (κ1) is 18.2. The van der Waals surface area contributed by atoms with E-state index in [0.717, 1.165) is 17.2 Å². The molecular formula is C25H27N3O. The van der Waals surface area contributed by atoms with E-state index in [4.69, 9.17) is 0 Å². The molecule has 3 aromatic rings. The van der Waals surface area contributed by atoms with Gasteiger partial charge in [-0.1, -0.05) is 30.3 Å². The maximum atomic E-state index is 12.3. The molecule has 2 fully saturated rings. The van der Waals surface area contributed by atoms with Gasteiger partial charge in [0.15, 0.2) is 0 Å². The largest absolute Gasteiger partial charge is 0.367 e. The molecule has 0 unspecified atom stereocenters. The highest BCUT2D eigenvalue weighted by Crippen LogP contribution is 2.35. The lowest BCUT2D eigenvalue weighted by Gasteiger charge is -2.26. The van der Waals surface area contributed by atoms with E-state index in [1.807, 2.05) is 37.4 Å². The predicted molar refractivity (Wildman–Crippen MR) is 119 cm³/mol. The van der Waals surface area contributed by atoms with Gasteiger partial charge < -0.3 is 9.80 Å². The number of benzene rings is 2. The van der Waals surface area contributed by atoms with E-state index in [-0.39, 0.29) is 5.56 Å². The van der Waals surface area contributed by atoms with Crippen molar-refractivity contribution in [1.29, 1.82) is 0 Å². The molecule has 4 nitrogen and oxygen atoms in total. The zero-order chi connectivity index (χ0) is 20.0. The molecule has 2 atom stereocenters. The van der Waals surface area contributed by atoms with Gasteiger partial charge in [-0.15, -0.1) is 0 Å². The van der Waals surface area contributed by atoms with Crippen molar-refractivity contribution < 1.29 is 0 Å². The number of nitrogens with zero attached hydrogens (tertiary/aromatic N) is 3. The lowest BCUT2D eigenvalue weighted by atomic mass is 10.0. The van der Waals surface area contributed by atoms with Crippen LogP contribution in [0.3, 0.4) is 0 Å². The van der Waals surface area contributed by atoms with Crippen LogP contribution in [-0.2, 0) is 0 Å². The minimum absolute atomic E-state index is 0.0334. The summed E-state index contributed by atoms with van der Waals surface area (Å²) in [7, 11) is 2.23. The first-order chi connectivity index (χ1) is 14.1. The van der Waals surface area contributed by atoms with Gasteiger partial charge in [0.2, 0.25) is 0 Å². The van der Waals surface area contributed by atoms with Crippen molar-refractivity contribution in [2.45, 2.75) is 19.4 Å². The highest BCUT2D eigenvalue weighted by atomic mass is 16.1. The fourth-order valence-corrected chi connectivity index (χ4v) is 4.96. The molecule has 0 radical (unpaired) electrons. The average Bonchev–Trinajstić information content (AvgIpc) is 3.29. The Morgan fingerprint density at radius 2 is 1.52 bits per heavy atom. The van der Waals surface area contributed by atoms with Crippen LogP contribution in [0.25, 0.3) is 16.8 Å². The van der Waals surface area contributed by atoms with E-state index in [2.05, 4.69) is 53.2 Å². The van der Waals surface area contributed by atoms with E-state index in [1.54, 1.807) is 4.57 Å². The maximum absolute atomic E-state index is 12.3. The summed E-state index contributed by atoms with van der Waals surface area (Å²) >= 11 is 0. The Balaban J connectivity index is 1.37. The fourth-order valence-electron chi connectivity index (χ4n) is 4.96. The summed E-state index contributed by atoms with van der Waals surface area (Å²) in [6.07, 6.45) is 3.12. The number of hydrogen-bond donors (Lipinski definition) is 0. The number of pyridine rings is 1. The Morgan fingerprint density at radius 1 is 0.862 bits per heavy atom. The molecule has 0 aliphatic carbocycles. The summed E-state index contributed by atoms with van der Waals surface area (Å²) in [5.41, 5.74) is 5.39. The molecule has 0 saturated carbocycles. The van der Waals surface area contributed by atoms with Crippen LogP contribution >= 0.6 is 0 Å². The van der Waals surface area contributed by atoms with Gasteiger partial charge in [-0.05, 0) is 67.8 Å². The SMILES string of the molecule is Cc1cccn(-c2ccc(-c3ccc(N4CC[C@@H]5CN(C)C[C@@H]54)cc3)cc2)c1=O. The van der Waals surface area contributed by atoms with Crippen molar-refractivity contribution in [1.82, 2.24) is 9.47 Å². The third-order valence-corrected chi connectivity index (χ3v) is 6.55. The molecule has 148 valence electrons. The average molecular weight is 386 g/mol. The number of likely N-dealkylation sites (tertiary alicyclic amines) is 1. The summed E-state index contributed by atoms with van der Waals surface area (Å²) in [5, 5.41) is 0. The molecule has 4 heteroatoms. The second-order valence-corrected chi connectivity index (χ2v) is 8.49. The third-order valence-electron chi connectivity index (χ3n) is 6.55. The van der Waals surface area contributed by atoms with Crippen molar-refractivity contribution in [2.24, 2.45) is 5.92 Å². The number of aryl methyl sites for hydroxylation is 1. The Hall–Kier alpha value is -2.85.